The van der Waals surface area contributed by atoms with Crippen LogP contribution in [0.4, 0.5) is 0 Å². The lowest BCUT2D eigenvalue weighted by molar-refractivity contribution is -0.140. The normalized spacial score (nSPS) is 18.1. The van der Waals surface area contributed by atoms with E-state index in [1.807, 2.05) is 19.0 Å². The number of aliphatic hydroxyl groups is 1. The first-order chi connectivity index (χ1) is 15.2. The van der Waals surface area contributed by atoms with E-state index < -0.39 is 17.7 Å². The molecular formula is C25H30N2O5. The van der Waals surface area contributed by atoms with Crippen molar-refractivity contribution >= 4 is 17.4 Å². The van der Waals surface area contributed by atoms with Gasteiger partial charge in [0.2, 0.25) is 0 Å². The molecule has 1 fully saturated rings. The van der Waals surface area contributed by atoms with Crippen LogP contribution >= 0.6 is 0 Å². The van der Waals surface area contributed by atoms with Gasteiger partial charge in [0.05, 0.1) is 18.2 Å². The highest BCUT2D eigenvalue weighted by Gasteiger charge is 2.45. The predicted molar refractivity (Wildman–Crippen MR) is 122 cm³/mol. The highest BCUT2D eigenvalue weighted by molar-refractivity contribution is 6.46. The van der Waals surface area contributed by atoms with E-state index in [0.717, 1.165) is 0 Å². The van der Waals surface area contributed by atoms with E-state index in [1.54, 1.807) is 36.4 Å². The average molecular weight is 439 g/mol. The van der Waals surface area contributed by atoms with Crippen LogP contribution in [-0.4, -0.2) is 65.5 Å². The van der Waals surface area contributed by atoms with Crippen LogP contribution in [0.2, 0.25) is 0 Å². The number of rotatable bonds is 8. The maximum atomic E-state index is 13.0. The highest BCUT2D eigenvalue weighted by atomic mass is 16.5. The van der Waals surface area contributed by atoms with Crippen molar-refractivity contribution in [3.8, 4) is 11.5 Å². The van der Waals surface area contributed by atoms with Crippen LogP contribution in [0, 0.1) is 5.92 Å². The van der Waals surface area contributed by atoms with Crippen molar-refractivity contribution in [2.75, 3.05) is 33.8 Å². The molecule has 2 aromatic rings. The number of carbonyl (C=O) groups is 2. The Morgan fingerprint density at radius 2 is 1.69 bits per heavy atom. The van der Waals surface area contributed by atoms with Crippen molar-refractivity contribution in [2.24, 2.45) is 5.92 Å². The number of benzene rings is 2. The van der Waals surface area contributed by atoms with E-state index in [2.05, 4.69) is 13.8 Å². The highest BCUT2D eigenvalue weighted by Crippen LogP contribution is 2.39. The van der Waals surface area contributed by atoms with Gasteiger partial charge in [-0.1, -0.05) is 26.0 Å². The van der Waals surface area contributed by atoms with Crippen molar-refractivity contribution < 1.29 is 24.5 Å². The zero-order chi connectivity index (χ0) is 23.4. The van der Waals surface area contributed by atoms with Crippen LogP contribution < -0.4 is 4.74 Å². The van der Waals surface area contributed by atoms with Gasteiger partial charge in [0, 0.05) is 18.7 Å². The first-order valence-corrected chi connectivity index (χ1v) is 10.6. The quantitative estimate of drug-likeness (QED) is 0.373. The number of ether oxygens (including phenoxy) is 1. The van der Waals surface area contributed by atoms with Crippen LogP contribution in [0.3, 0.4) is 0 Å². The SMILES string of the molecule is CC(C)COc1ccc(/C(O)=C2/C(=O)C(=O)N(CCN(C)C)C2c2ccc(O)cc2)cc1. The molecule has 0 saturated carbocycles. The number of aliphatic hydroxyl groups excluding tert-OH is 1. The monoisotopic (exact) mass is 438 g/mol. The topological polar surface area (TPSA) is 90.3 Å². The van der Waals surface area contributed by atoms with E-state index in [-0.39, 0.29) is 17.1 Å². The molecule has 1 aliphatic heterocycles. The van der Waals surface area contributed by atoms with Gasteiger partial charge in [-0.25, -0.2) is 0 Å². The summed E-state index contributed by atoms with van der Waals surface area (Å²) in [6.45, 7) is 5.56. The molecule has 1 heterocycles. The maximum absolute atomic E-state index is 13.0. The van der Waals surface area contributed by atoms with Crippen molar-refractivity contribution in [3.05, 3.63) is 65.2 Å². The summed E-state index contributed by atoms with van der Waals surface area (Å²) in [6.07, 6.45) is 0. The smallest absolute Gasteiger partial charge is 0.295 e. The first-order valence-electron chi connectivity index (χ1n) is 10.6. The van der Waals surface area contributed by atoms with E-state index in [9.17, 15) is 19.8 Å². The third kappa shape index (κ3) is 5.11. The fourth-order valence-corrected chi connectivity index (χ4v) is 3.55. The molecular weight excluding hydrogens is 408 g/mol. The number of likely N-dealkylation sites (tertiary alicyclic amines) is 1. The summed E-state index contributed by atoms with van der Waals surface area (Å²) in [7, 11) is 3.77. The molecule has 7 nitrogen and oxygen atoms in total. The Hall–Kier alpha value is -3.32. The Morgan fingerprint density at radius 3 is 2.25 bits per heavy atom. The Balaban J connectivity index is 2.02. The van der Waals surface area contributed by atoms with Crippen LogP contribution in [0.25, 0.3) is 5.76 Å². The summed E-state index contributed by atoms with van der Waals surface area (Å²) >= 11 is 0. The van der Waals surface area contributed by atoms with Crippen molar-refractivity contribution in [1.29, 1.82) is 0 Å². The van der Waals surface area contributed by atoms with Crippen LogP contribution in [0.5, 0.6) is 11.5 Å². The fraction of sp³-hybridized carbons (Fsp3) is 0.360. The third-order valence-electron chi connectivity index (χ3n) is 5.25. The predicted octanol–water partition coefficient (Wildman–Crippen LogP) is 3.41. The summed E-state index contributed by atoms with van der Waals surface area (Å²) in [5.41, 5.74) is 1.10. The number of aromatic hydroxyl groups is 1. The average Bonchev–Trinajstić information content (AvgIpc) is 3.01. The Morgan fingerprint density at radius 1 is 1.06 bits per heavy atom. The van der Waals surface area contributed by atoms with E-state index in [4.69, 9.17) is 4.74 Å². The van der Waals surface area contributed by atoms with Crippen LogP contribution in [0.15, 0.2) is 54.1 Å². The molecule has 1 atom stereocenters. The fourth-order valence-electron chi connectivity index (χ4n) is 3.55. The minimum Gasteiger partial charge on any atom is -0.508 e. The Labute approximate surface area is 188 Å². The molecule has 0 bridgehead atoms. The zero-order valence-corrected chi connectivity index (χ0v) is 18.9. The molecule has 32 heavy (non-hydrogen) atoms. The van der Waals surface area contributed by atoms with Gasteiger partial charge in [-0.15, -0.1) is 0 Å². The van der Waals surface area contributed by atoms with Gasteiger partial charge in [0.1, 0.15) is 17.3 Å². The second-order valence-electron chi connectivity index (χ2n) is 8.62. The molecule has 170 valence electrons. The maximum Gasteiger partial charge on any atom is 0.295 e. The number of hydrogen-bond donors (Lipinski definition) is 2. The number of phenols is 1. The van der Waals surface area contributed by atoms with Crippen molar-refractivity contribution in [2.45, 2.75) is 19.9 Å². The van der Waals surface area contributed by atoms with E-state index in [0.29, 0.717) is 42.5 Å². The van der Waals surface area contributed by atoms with Crippen molar-refractivity contribution in [3.63, 3.8) is 0 Å². The summed E-state index contributed by atoms with van der Waals surface area (Å²) in [6, 6.07) is 12.4. The molecule has 1 saturated heterocycles. The zero-order valence-electron chi connectivity index (χ0n) is 18.9. The summed E-state index contributed by atoms with van der Waals surface area (Å²) < 4.78 is 5.68. The summed E-state index contributed by atoms with van der Waals surface area (Å²) in [4.78, 5) is 29.2. The van der Waals surface area contributed by atoms with Gasteiger partial charge in [0.15, 0.2) is 0 Å². The second kappa shape index (κ2) is 9.87. The van der Waals surface area contributed by atoms with Gasteiger partial charge in [-0.05, 0) is 62.0 Å². The molecule has 1 unspecified atom stereocenters. The third-order valence-corrected chi connectivity index (χ3v) is 5.25. The number of ketones is 1. The number of hydrogen-bond acceptors (Lipinski definition) is 6. The van der Waals surface area contributed by atoms with E-state index >= 15 is 0 Å². The summed E-state index contributed by atoms with van der Waals surface area (Å²) in [5, 5.41) is 20.8. The lowest BCUT2D eigenvalue weighted by Crippen LogP contribution is -2.35. The molecule has 1 aliphatic rings. The molecule has 7 heteroatoms. The molecule has 2 aromatic carbocycles. The van der Waals surface area contributed by atoms with Crippen molar-refractivity contribution in [1.82, 2.24) is 9.80 Å². The summed E-state index contributed by atoms with van der Waals surface area (Å²) in [5.74, 6) is -0.480. The second-order valence-corrected chi connectivity index (χ2v) is 8.62. The Bertz CT molecular complexity index is 994. The number of Topliss-reactive ketones (excluding diaryl/α,β-unsaturated/α-hetero) is 1. The molecule has 1 amide bonds. The lowest BCUT2D eigenvalue weighted by atomic mass is 9.95. The van der Waals surface area contributed by atoms with E-state index in [1.165, 1.54) is 17.0 Å². The molecule has 0 aliphatic carbocycles. The first kappa shape index (κ1) is 23.3. The van der Waals surface area contributed by atoms with Gasteiger partial charge >= 0.3 is 0 Å². The number of amides is 1. The van der Waals surface area contributed by atoms with Gasteiger partial charge in [-0.2, -0.15) is 0 Å². The Kier molecular flexibility index (Phi) is 7.20. The van der Waals surface area contributed by atoms with Crippen LogP contribution in [0.1, 0.15) is 31.0 Å². The minimum atomic E-state index is -0.743. The number of phenolic OH excluding ortho intramolecular Hbond substituents is 1. The molecule has 0 radical (unpaired) electrons. The number of carbonyl (C=O) groups excluding carboxylic acids is 2. The number of likely N-dealkylation sites (N-methyl/N-ethyl adjacent to an activating group) is 1. The lowest BCUT2D eigenvalue weighted by Gasteiger charge is -2.26. The molecule has 3 rings (SSSR count). The van der Waals surface area contributed by atoms with Gasteiger partial charge in [0.25, 0.3) is 11.7 Å². The number of nitrogens with zero attached hydrogens (tertiary/aromatic N) is 2. The molecule has 0 aromatic heterocycles. The largest absolute Gasteiger partial charge is 0.508 e. The molecule has 0 spiro atoms. The van der Waals surface area contributed by atoms with Gasteiger partial charge in [-0.3, -0.25) is 9.59 Å². The minimum absolute atomic E-state index is 0.0373. The van der Waals surface area contributed by atoms with Gasteiger partial charge < -0.3 is 24.7 Å². The van der Waals surface area contributed by atoms with Crippen LogP contribution in [-0.2, 0) is 9.59 Å². The standard InChI is InChI=1S/C25H30N2O5/c1-16(2)15-32-20-11-7-18(8-12-20)23(29)21-22(17-5-9-19(28)10-6-17)27(14-13-26(3)4)25(31)24(21)30/h5-12,16,22,28-29H,13-15H2,1-4H3/b23-21-. The molecule has 2 N–H and O–H groups in total.